The largest absolute Gasteiger partial charge is 0.395 e. The lowest BCUT2D eigenvalue weighted by Gasteiger charge is -2.05. The van der Waals surface area contributed by atoms with Gasteiger partial charge in [-0.1, -0.05) is 0 Å². The minimum Gasteiger partial charge on any atom is -0.395 e. The molecule has 0 aliphatic heterocycles. The summed E-state index contributed by atoms with van der Waals surface area (Å²) in [6.07, 6.45) is -2.34. The van der Waals surface area contributed by atoms with Gasteiger partial charge in [0, 0.05) is 12.5 Å². The maximum atomic E-state index is 11.4. The van der Waals surface area contributed by atoms with E-state index < -0.39 is 12.5 Å². The van der Waals surface area contributed by atoms with Crippen LogP contribution in [0, 0.1) is 0 Å². The lowest BCUT2D eigenvalue weighted by molar-refractivity contribution is 0.127. The fraction of sp³-hybridized carbons (Fsp3) is 1.00. The third kappa shape index (κ3) is 8.07. The highest BCUT2D eigenvalue weighted by Crippen LogP contribution is 2.03. The normalized spacial score (nSPS) is 12.9. The second-order valence-electron chi connectivity index (χ2n) is 1.91. The van der Waals surface area contributed by atoms with Crippen molar-refractivity contribution >= 4 is 12.4 Å². The van der Waals surface area contributed by atoms with E-state index in [9.17, 15) is 8.78 Å². The molecule has 0 aliphatic carbocycles. The summed E-state index contributed by atoms with van der Waals surface area (Å²) in [5.41, 5.74) is 5.14. The van der Waals surface area contributed by atoms with E-state index in [4.69, 9.17) is 10.8 Å². The van der Waals surface area contributed by atoms with Gasteiger partial charge in [0.2, 0.25) is 6.43 Å². The summed E-state index contributed by atoms with van der Waals surface area (Å²) in [6.45, 7) is -0.216. The van der Waals surface area contributed by atoms with E-state index in [0.717, 1.165) is 0 Å². The standard InChI is InChI=1S/C5H11F2NO.ClH/c6-5(7)2-1-4(8)3-9;/h4-5,9H,1-3,8H2;1H/t4-;/m1./s1. The zero-order chi connectivity index (χ0) is 7.28. The molecule has 0 aromatic carbocycles. The van der Waals surface area contributed by atoms with Crippen molar-refractivity contribution in [3.63, 3.8) is 0 Å². The summed E-state index contributed by atoms with van der Waals surface area (Å²) in [5.74, 6) is 0. The number of hydrogen-bond donors (Lipinski definition) is 2. The topological polar surface area (TPSA) is 46.2 Å². The first-order valence-corrected chi connectivity index (χ1v) is 2.81. The molecule has 0 rings (SSSR count). The van der Waals surface area contributed by atoms with Crippen molar-refractivity contribution in [3.8, 4) is 0 Å². The third-order valence-electron chi connectivity index (χ3n) is 0.990. The molecule has 0 bridgehead atoms. The van der Waals surface area contributed by atoms with E-state index in [2.05, 4.69) is 0 Å². The van der Waals surface area contributed by atoms with Crippen LogP contribution in [-0.4, -0.2) is 24.2 Å². The second-order valence-corrected chi connectivity index (χ2v) is 1.91. The van der Waals surface area contributed by atoms with Crippen molar-refractivity contribution in [1.82, 2.24) is 0 Å². The lowest BCUT2D eigenvalue weighted by Crippen LogP contribution is -2.24. The van der Waals surface area contributed by atoms with Crippen LogP contribution < -0.4 is 5.73 Å². The minimum absolute atomic E-state index is 0. The number of rotatable bonds is 4. The predicted octanol–water partition coefficient (Wildman–Crippen LogP) is 0.773. The Morgan fingerprint density at radius 1 is 1.30 bits per heavy atom. The second kappa shape index (κ2) is 7.18. The molecule has 0 saturated carbocycles. The Hall–Kier alpha value is 0.0700. The third-order valence-corrected chi connectivity index (χ3v) is 0.990. The average molecular weight is 176 g/mol. The quantitative estimate of drug-likeness (QED) is 0.663. The van der Waals surface area contributed by atoms with E-state index in [0.29, 0.717) is 0 Å². The van der Waals surface area contributed by atoms with E-state index in [-0.39, 0.29) is 31.9 Å². The van der Waals surface area contributed by atoms with Gasteiger partial charge in [-0.05, 0) is 6.42 Å². The molecule has 1 atom stereocenters. The van der Waals surface area contributed by atoms with Crippen LogP contribution >= 0.6 is 12.4 Å². The minimum atomic E-state index is -2.30. The summed E-state index contributed by atoms with van der Waals surface area (Å²) in [6, 6.07) is -0.487. The van der Waals surface area contributed by atoms with E-state index in [1.807, 2.05) is 0 Å². The molecule has 0 amide bonds. The maximum absolute atomic E-state index is 11.4. The average Bonchev–Trinajstić information content (AvgIpc) is 1.83. The van der Waals surface area contributed by atoms with E-state index >= 15 is 0 Å². The Morgan fingerprint density at radius 3 is 2.10 bits per heavy atom. The van der Waals surface area contributed by atoms with Crippen molar-refractivity contribution in [3.05, 3.63) is 0 Å². The molecule has 64 valence electrons. The highest BCUT2D eigenvalue weighted by molar-refractivity contribution is 5.85. The van der Waals surface area contributed by atoms with Gasteiger partial charge in [-0.2, -0.15) is 0 Å². The van der Waals surface area contributed by atoms with Crippen LogP contribution in [0.4, 0.5) is 8.78 Å². The number of aliphatic hydroxyl groups excluding tert-OH is 1. The van der Waals surface area contributed by atoms with Crippen molar-refractivity contribution < 1.29 is 13.9 Å². The molecule has 0 radical (unpaired) electrons. The summed E-state index contributed by atoms with van der Waals surface area (Å²) < 4.78 is 22.8. The van der Waals surface area contributed by atoms with E-state index in [1.165, 1.54) is 0 Å². The van der Waals surface area contributed by atoms with Crippen molar-refractivity contribution in [2.75, 3.05) is 6.61 Å². The lowest BCUT2D eigenvalue weighted by atomic mass is 10.2. The van der Waals surface area contributed by atoms with Crippen LogP contribution in [0.1, 0.15) is 12.8 Å². The molecule has 2 nitrogen and oxygen atoms in total. The fourth-order valence-corrected chi connectivity index (χ4v) is 0.431. The molecule has 3 N–H and O–H groups in total. The Kier molecular flexibility index (Phi) is 9.13. The van der Waals surface area contributed by atoms with Gasteiger partial charge in [-0.25, -0.2) is 8.78 Å². The van der Waals surface area contributed by atoms with Gasteiger partial charge in [-0.3, -0.25) is 0 Å². The molecule has 10 heavy (non-hydrogen) atoms. The molecule has 5 heteroatoms. The molecule has 0 spiro atoms. The summed E-state index contributed by atoms with van der Waals surface area (Å²) >= 11 is 0. The van der Waals surface area contributed by atoms with E-state index in [1.54, 1.807) is 0 Å². The first-order valence-electron chi connectivity index (χ1n) is 2.81. The van der Waals surface area contributed by atoms with Gasteiger partial charge in [0.1, 0.15) is 0 Å². The first kappa shape index (κ1) is 12.7. The zero-order valence-electron chi connectivity index (χ0n) is 5.46. The first-order chi connectivity index (χ1) is 4.16. The monoisotopic (exact) mass is 175 g/mol. The molecule has 0 fully saturated rings. The molecule has 0 aliphatic rings. The van der Waals surface area contributed by atoms with Gasteiger partial charge in [0.15, 0.2) is 0 Å². The molecule has 0 saturated heterocycles. The van der Waals surface area contributed by atoms with Crippen LogP contribution in [0.15, 0.2) is 0 Å². The SMILES string of the molecule is Cl.N[C@@H](CO)CCC(F)F. The van der Waals surface area contributed by atoms with Gasteiger partial charge in [-0.15, -0.1) is 12.4 Å². The van der Waals surface area contributed by atoms with Gasteiger partial charge < -0.3 is 10.8 Å². The predicted molar refractivity (Wildman–Crippen MR) is 37.5 cm³/mol. The Morgan fingerprint density at radius 2 is 1.80 bits per heavy atom. The molecule has 0 aromatic rings. The number of aliphatic hydroxyl groups is 1. The maximum Gasteiger partial charge on any atom is 0.238 e. The Balaban J connectivity index is 0. The summed E-state index contributed by atoms with van der Waals surface area (Å²) in [4.78, 5) is 0. The van der Waals surface area contributed by atoms with Gasteiger partial charge in [0.25, 0.3) is 0 Å². The van der Waals surface area contributed by atoms with Gasteiger partial charge >= 0.3 is 0 Å². The Bertz CT molecular complexity index is 74.7. The number of nitrogens with two attached hydrogens (primary N) is 1. The number of alkyl halides is 2. The van der Waals surface area contributed by atoms with Crippen LogP contribution in [0.25, 0.3) is 0 Å². The molecular formula is C5H12ClF2NO. The molecule has 0 aromatic heterocycles. The van der Waals surface area contributed by atoms with Crippen molar-refractivity contribution in [2.24, 2.45) is 5.73 Å². The molecule has 0 unspecified atom stereocenters. The van der Waals surface area contributed by atoms with Crippen molar-refractivity contribution in [1.29, 1.82) is 0 Å². The summed E-state index contributed by atoms with van der Waals surface area (Å²) in [5, 5.41) is 8.28. The molecular weight excluding hydrogens is 164 g/mol. The van der Waals surface area contributed by atoms with Crippen LogP contribution in [-0.2, 0) is 0 Å². The highest BCUT2D eigenvalue weighted by atomic mass is 35.5. The van der Waals surface area contributed by atoms with Crippen LogP contribution in [0.3, 0.4) is 0 Å². The fourth-order valence-electron chi connectivity index (χ4n) is 0.431. The Labute approximate surface area is 64.8 Å². The van der Waals surface area contributed by atoms with Crippen LogP contribution in [0.5, 0.6) is 0 Å². The smallest absolute Gasteiger partial charge is 0.238 e. The van der Waals surface area contributed by atoms with Gasteiger partial charge in [0.05, 0.1) is 6.61 Å². The molecule has 0 heterocycles. The van der Waals surface area contributed by atoms with Crippen LogP contribution in [0.2, 0.25) is 0 Å². The number of hydrogen-bond acceptors (Lipinski definition) is 2. The number of halogens is 3. The summed E-state index contributed by atoms with van der Waals surface area (Å²) in [7, 11) is 0. The highest BCUT2D eigenvalue weighted by Gasteiger charge is 2.05. The van der Waals surface area contributed by atoms with Crippen molar-refractivity contribution in [2.45, 2.75) is 25.3 Å². The zero-order valence-corrected chi connectivity index (χ0v) is 6.28.